The molecule has 2 fully saturated rings. The van der Waals surface area contributed by atoms with Crippen molar-refractivity contribution in [2.75, 3.05) is 66.1 Å². The quantitative estimate of drug-likeness (QED) is 0.341. The van der Waals surface area contributed by atoms with E-state index in [0.717, 1.165) is 19.4 Å². The maximum Gasteiger partial charge on any atom is 0.251 e. The minimum Gasteiger partial charge on any atom is -0.383 e. The molecule has 9 nitrogen and oxygen atoms in total. The zero-order chi connectivity index (χ0) is 18.8. The molecule has 0 spiro atoms. The van der Waals surface area contributed by atoms with Crippen LogP contribution in [0.15, 0.2) is 4.99 Å². The first-order valence-electron chi connectivity index (χ1n) is 9.35. The fraction of sp³-hybridized carbons (Fsp3) is 0.824. The van der Waals surface area contributed by atoms with Gasteiger partial charge in [-0.2, -0.15) is 0 Å². The molecule has 1 atom stereocenters. The molecule has 0 bridgehead atoms. The summed E-state index contributed by atoms with van der Waals surface area (Å²) in [6.07, 6.45) is 1.51. The smallest absolute Gasteiger partial charge is 0.251 e. The molecular formula is C17H31N5O4. The third-order valence-corrected chi connectivity index (χ3v) is 4.43. The second-order valence-electron chi connectivity index (χ2n) is 6.33. The highest BCUT2D eigenvalue weighted by molar-refractivity contribution is 5.85. The van der Waals surface area contributed by atoms with E-state index in [-0.39, 0.29) is 24.5 Å². The highest BCUT2D eigenvalue weighted by atomic mass is 16.5. The summed E-state index contributed by atoms with van der Waals surface area (Å²) in [5.41, 5.74) is 0. The SMILES string of the molecule is CCNC(=NCC(=O)NCCOC)N1CCN(C(=O)C2CCCO2)CC1. The van der Waals surface area contributed by atoms with Gasteiger partial charge in [0.15, 0.2) is 5.96 Å². The number of carbonyl (C=O) groups is 2. The lowest BCUT2D eigenvalue weighted by molar-refractivity contribution is -0.142. The molecule has 2 N–H and O–H groups in total. The minimum atomic E-state index is -0.265. The lowest BCUT2D eigenvalue weighted by Crippen LogP contribution is -2.55. The van der Waals surface area contributed by atoms with Crippen LogP contribution in [0, 0.1) is 0 Å². The van der Waals surface area contributed by atoms with E-state index in [1.165, 1.54) is 0 Å². The maximum atomic E-state index is 12.4. The maximum absolute atomic E-state index is 12.4. The number of carbonyl (C=O) groups excluding carboxylic acids is 2. The number of hydrogen-bond donors (Lipinski definition) is 2. The fourth-order valence-corrected chi connectivity index (χ4v) is 3.04. The molecule has 0 aliphatic carbocycles. The summed E-state index contributed by atoms with van der Waals surface area (Å²) in [6.45, 7) is 7.09. The van der Waals surface area contributed by atoms with Gasteiger partial charge >= 0.3 is 0 Å². The molecule has 2 aliphatic rings. The van der Waals surface area contributed by atoms with Gasteiger partial charge in [0.1, 0.15) is 12.6 Å². The minimum absolute atomic E-state index is 0.0705. The monoisotopic (exact) mass is 369 g/mol. The van der Waals surface area contributed by atoms with E-state index in [0.29, 0.717) is 51.9 Å². The Kier molecular flexibility index (Phi) is 8.63. The summed E-state index contributed by atoms with van der Waals surface area (Å²) < 4.78 is 10.4. The first-order chi connectivity index (χ1) is 12.7. The summed E-state index contributed by atoms with van der Waals surface area (Å²) >= 11 is 0. The molecule has 9 heteroatoms. The molecule has 26 heavy (non-hydrogen) atoms. The number of amides is 2. The van der Waals surface area contributed by atoms with Gasteiger partial charge in [-0.1, -0.05) is 0 Å². The van der Waals surface area contributed by atoms with Gasteiger partial charge in [-0.25, -0.2) is 4.99 Å². The molecule has 2 heterocycles. The zero-order valence-electron chi connectivity index (χ0n) is 15.8. The van der Waals surface area contributed by atoms with Crippen LogP contribution in [0.5, 0.6) is 0 Å². The number of methoxy groups -OCH3 is 1. The van der Waals surface area contributed by atoms with Crippen LogP contribution in [0.2, 0.25) is 0 Å². The number of guanidine groups is 1. The van der Waals surface area contributed by atoms with Crippen molar-refractivity contribution in [2.24, 2.45) is 4.99 Å². The second-order valence-corrected chi connectivity index (χ2v) is 6.33. The first kappa shape index (κ1) is 20.4. The van der Waals surface area contributed by atoms with Gasteiger partial charge in [-0.15, -0.1) is 0 Å². The highest BCUT2D eigenvalue weighted by Crippen LogP contribution is 2.16. The van der Waals surface area contributed by atoms with Crippen molar-refractivity contribution in [1.29, 1.82) is 0 Å². The van der Waals surface area contributed by atoms with Crippen LogP contribution in [0.1, 0.15) is 19.8 Å². The van der Waals surface area contributed by atoms with Gasteiger partial charge in [0.2, 0.25) is 5.91 Å². The lowest BCUT2D eigenvalue weighted by atomic mass is 10.2. The van der Waals surface area contributed by atoms with E-state index in [4.69, 9.17) is 9.47 Å². The van der Waals surface area contributed by atoms with Crippen LogP contribution in [0.4, 0.5) is 0 Å². The third-order valence-electron chi connectivity index (χ3n) is 4.43. The first-order valence-corrected chi connectivity index (χ1v) is 9.35. The predicted octanol–water partition coefficient (Wildman–Crippen LogP) is -0.962. The van der Waals surface area contributed by atoms with E-state index < -0.39 is 0 Å². The van der Waals surface area contributed by atoms with Crippen LogP contribution in [-0.2, 0) is 19.1 Å². The lowest BCUT2D eigenvalue weighted by Gasteiger charge is -2.37. The Balaban J connectivity index is 1.81. The van der Waals surface area contributed by atoms with Gasteiger partial charge in [0.25, 0.3) is 5.91 Å². The van der Waals surface area contributed by atoms with Crippen molar-refractivity contribution in [3.63, 3.8) is 0 Å². The Morgan fingerprint density at radius 3 is 2.54 bits per heavy atom. The molecule has 2 rings (SSSR count). The Morgan fingerprint density at radius 1 is 1.19 bits per heavy atom. The van der Waals surface area contributed by atoms with Crippen molar-refractivity contribution in [1.82, 2.24) is 20.4 Å². The van der Waals surface area contributed by atoms with Gasteiger partial charge in [0, 0.05) is 53.0 Å². The molecule has 0 aromatic carbocycles. The number of aliphatic imine (C=N–C) groups is 1. The topological polar surface area (TPSA) is 95.5 Å². The van der Waals surface area contributed by atoms with Crippen LogP contribution < -0.4 is 10.6 Å². The van der Waals surface area contributed by atoms with Crippen LogP contribution >= 0.6 is 0 Å². The zero-order valence-corrected chi connectivity index (χ0v) is 15.8. The fourth-order valence-electron chi connectivity index (χ4n) is 3.04. The molecule has 1 unspecified atom stereocenters. The van der Waals surface area contributed by atoms with E-state index in [1.807, 2.05) is 11.8 Å². The molecular weight excluding hydrogens is 338 g/mol. The van der Waals surface area contributed by atoms with Crippen molar-refractivity contribution in [2.45, 2.75) is 25.9 Å². The van der Waals surface area contributed by atoms with Crippen molar-refractivity contribution in [3.8, 4) is 0 Å². The number of nitrogens with one attached hydrogen (secondary N) is 2. The second kappa shape index (κ2) is 11.0. The Morgan fingerprint density at radius 2 is 1.92 bits per heavy atom. The Hall–Kier alpha value is -1.87. The molecule has 2 aliphatic heterocycles. The predicted molar refractivity (Wildman–Crippen MR) is 98.0 cm³/mol. The van der Waals surface area contributed by atoms with Crippen molar-refractivity contribution in [3.05, 3.63) is 0 Å². The molecule has 0 aromatic rings. The largest absolute Gasteiger partial charge is 0.383 e. The van der Waals surface area contributed by atoms with Crippen LogP contribution in [0.25, 0.3) is 0 Å². The summed E-state index contributed by atoms with van der Waals surface area (Å²) in [5.74, 6) is 0.671. The van der Waals surface area contributed by atoms with Gasteiger partial charge < -0.3 is 29.9 Å². The van der Waals surface area contributed by atoms with Crippen LogP contribution in [-0.4, -0.2) is 99.8 Å². The average molecular weight is 369 g/mol. The number of hydrogen-bond acceptors (Lipinski definition) is 5. The molecule has 0 aromatic heterocycles. The van der Waals surface area contributed by atoms with E-state index in [2.05, 4.69) is 20.5 Å². The molecule has 2 amide bonds. The normalized spacial score (nSPS) is 21.0. The van der Waals surface area contributed by atoms with Gasteiger partial charge in [0.05, 0.1) is 6.61 Å². The molecule has 2 saturated heterocycles. The summed E-state index contributed by atoms with van der Waals surface area (Å²) in [6, 6.07) is 0. The average Bonchev–Trinajstić information content (AvgIpc) is 3.20. The van der Waals surface area contributed by atoms with Crippen LogP contribution in [0.3, 0.4) is 0 Å². The summed E-state index contributed by atoms with van der Waals surface area (Å²) in [5, 5.41) is 5.97. The molecule has 0 saturated carbocycles. The van der Waals surface area contributed by atoms with Gasteiger partial charge in [-0.05, 0) is 19.8 Å². The summed E-state index contributed by atoms with van der Waals surface area (Å²) in [7, 11) is 1.59. The number of piperazine rings is 1. The number of nitrogens with zero attached hydrogens (tertiary/aromatic N) is 3. The molecule has 0 radical (unpaired) electrons. The van der Waals surface area contributed by atoms with Crippen molar-refractivity contribution >= 4 is 17.8 Å². The number of rotatable bonds is 7. The van der Waals surface area contributed by atoms with Gasteiger partial charge in [-0.3, -0.25) is 9.59 Å². The Bertz CT molecular complexity index is 486. The standard InChI is InChI=1S/C17H31N5O4/c1-3-18-17(20-13-15(23)19-6-12-25-2)22-9-7-21(8-10-22)16(24)14-5-4-11-26-14/h14H,3-13H2,1-2H3,(H,18,20)(H,19,23). The van der Waals surface area contributed by atoms with E-state index in [1.54, 1.807) is 7.11 Å². The molecule has 148 valence electrons. The Labute approximate surface area is 155 Å². The number of ether oxygens (including phenoxy) is 2. The highest BCUT2D eigenvalue weighted by Gasteiger charge is 2.30. The van der Waals surface area contributed by atoms with Crippen molar-refractivity contribution < 1.29 is 19.1 Å². The third kappa shape index (κ3) is 6.14. The van der Waals surface area contributed by atoms with E-state index in [9.17, 15) is 9.59 Å². The van der Waals surface area contributed by atoms with E-state index >= 15 is 0 Å². The summed E-state index contributed by atoms with van der Waals surface area (Å²) in [4.78, 5) is 32.6.